The number of amides is 1. The van der Waals surface area contributed by atoms with Gasteiger partial charge in [0.15, 0.2) is 0 Å². The van der Waals surface area contributed by atoms with E-state index in [0.717, 1.165) is 6.07 Å². The maximum Gasteiger partial charge on any atom is 0.319 e. The molecule has 2 aromatic rings. The highest BCUT2D eigenvalue weighted by Gasteiger charge is 2.22. The highest BCUT2D eigenvalue weighted by molar-refractivity contribution is 9.10. The van der Waals surface area contributed by atoms with E-state index >= 15 is 0 Å². The highest BCUT2D eigenvalue weighted by Crippen LogP contribution is 2.36. The van der Waals surface area contributed by atoms with Crippen molar-refractivity contribution in [1.29, 1.82) is 0 Å². The Kier molecular flexibility index (Phi) is 7.79. The monoisotopic (exact) mass is 457 g/mol. The molecule has 2 aromatic carbocycles. The summed E-state index contributed by atoms with van der Waals surface area (Å²) in [4.78, 5) is 24.8. The predicted octanol–water partition coefficient (Wildman–Crippen LogP) is 5.41. The Morgan fingerprint density at radius 2 is 1.96 bits per heavy atom. The number of benzene rings is 2. The lowest BCUT2D eigenvalue weighted by Crippen LogP contribution is -2.19. The van der Waals surface area contributed by atoms with Gasteiger partial charge in [-0.2, -0.15) is 0 Å². The molecule has 0 aliphatic rings. The second-order valence-corrected chi connectivity index (χ2v) is 7.59. The van der Waals surface area contributed by atoms with Crippen LogP contribution in [0.4, 0.5) is 14.5 Å². The van der Waals surface area contributed by atoms with Gasteiger partial charge in [0, 0.05) is 14.9 Å². The van der Waals surface area contributed by atoms with E-state index in [2.05, 4.69) is 21.2 Å². The summed E-state index contributed by atoms with van der Waals surface area (Å²) in [5, 5.41) is 1.98. The molecule has 144 valence electrons. The number of hydrogen-bond acceptors (Lipinski definition) is 4. The molecule has 27 heavy (non-hydrogen) atoms. The summed E-state index contributed by atoms with van der Waals surface area (Å²) in [5.74, 6) is -2.20. The molecule has 0 heterocycles. The number of rotatable bonds is 7. The molecule has 1 unspecified atom stereocenters. The van der Waals surface area contributed by atoms with Crippen LogP contribution in [0.25, 0.3) is 0 Å². The zero-order valence-electron chi connectivity index (χ0n) is 14.7. The molecular weight excluding hydrogens is 440 g/mol. The smallest absolute Gasteiger partial charge is 0.319 e. The largest absolute Gasteiger partial charge is 0.465 e. The van der Waals surface area contributed by atoms with E-state index in [9.17, 15) is 18.4 Å². The molecule has 0 radical (unpaired) electrons. The fourth-order valence-corrected chi connectivity index (χ4v) is 3.82. The number of carbonyl (C=O) groups is 2. The number of thioether (sulfide) groups is 1. The van der Waals surface area contributed by atoms with Crippen LogP contribution in [0.3, 0.4) is 0 Å². The summed E-state index contributed by atoms with van der Waals surface area (Å²) in [5.41, 5.74) is 0.0122. The van der Waals surface area contributed by atoms with E-state index in [1.807, 2.05) is 6.92 Å². The van der Waals surface area contributed by atoms with Crippen LogP contribution < -0.4 is 5.32 Å². The van der Waals surface area contributed by atoms with E-state index < -0.39 is 22.8 Å². The molecule has 1 atom stereocenters. The van der Waals surface area contributed by atoms with Gasteiger partial charge in [0.2, 0.25) is 0 Å². The van der Waals surface area contributed by atoms with Crippen molar-refractivity contribution in [3.05, 3.63) is 58.1 Å². The van der Waals surface area contributed by atoms with Gasteiger partial charge in [-0.1, -0.05) is 13.0 Å². The Balaban J connectivity index is 2.24. The van der Waals surface area contributed by atoms with Crippen LogP contribution in [0, 0.1) is 11.6 Å². The fourth-order valence-electron chi connectivity index (χ4n) is 2.23. The Labute approximate surface area is 168 Å². The van der Waals surface area contributed by atoms with Crippen LogP contribution >= 0.6 is 27.7 Å². The number of esters is 1. The third-order valence-corrected chi connectivity index (χ3v) is 5.87. The zero-order valence-corrected chi connectivity index (χ0v) is 17.1. The molecule has 0 bridgehead atoms. The first-order valence-electron chi connectivity index (χ1n) is 8.25. The van der Waals surface area contributed by atoms with E-state index in [1.165, 1.54) is 42.1 Å². The van der Waals surface area contributed by atoms with Crippen LogP contribution in [-0.2, 0) is 9.53 Å². The Hall–Kier alpha value is -1.93. The average molecular weight is 458 g/mol. The molecule has 0 saturated carbocycles. The normalized spacial score (nSPS) is 11.7. The van der Waals surface area contributed by atoms with Crippen molar-refractivity contribution in [2.75, 3.05) is 11.9 Å². The summed E-state index contributed by atoms with van der Waals surface area (Å²) in [6, 6.07) is 7.75. The predicted molar refractivity (Wildman–Crippen MR) is 105 cm³/mol. The molecule has 1 N–H and O–H groups in total. The van der Waals surface area contributed by atoms with Crippen molar-refractivity contribution in [1.82, 2.24) is 0 Å². The van der Waals surface area contributed by atoms with Gasteiger partial charge in [0.05, 0.1) is 12.3 Å². The molecule has 0 aromatic heterocycles. The van der Waals surface area contributed by atoms with Gasteiger partial charge in [-0.25, -0.2) is 8.78 Å². The second kappa shape index (κ2) is 9.85. The molecule has 0 aliphatic heterocycles. The minimum atomic E-state index is -0.653. The standard InChI is InChI=1S/C19H18BrF2NO3S/c1-3-16(19(25)26-4-2)27-17-10-15(14(22)9-13(17)20)23-18(24)11-6-5-7-12(21)8-11/h5-10,16H,3-4H2,1-2H3,(H,23,24). The van der Waals surface area contributed by atoms with E-state index in [-0.39, 0.29) is 23.8 Å². The maximum atomic E-state index is 14.3. The SMILES string of the molecule is CCOC(=O)C(CC)Sc1cc(NC(=O)c2cccc(F)c2)c(F)cc1Br. The lowest BCUT2D eigenvalue weighted by molar-refractivity contribution is -0.142. The Morgan fingerprint density at radius 3 is 2.59 bits per heavy atom. The lowest BCUT2D eigenvalue weighted by atomic mass is 10.2. The first kappa shape index (κ1) is 21.4. The number of nitrogens with one attached hydrogen (secondary N) is 1. The number of anilines is 1. The summed E-state index contributed by atoms with van der Waals surface area (Å²) in [7, 11) is 0. The third kappa shape index (κ3) is 5.77. The summed E-state index contributed by atoms with van der Waals surface area (Å²) < 4.78 is 33.0. The van der Waals surface area contributed by atoms with Gasteiger partial charge >= 0.3 is 5.97 Å². The third-order valence-electron chi connectivity index (χ3n) is 3.55. The van der Waals surface area contributed by atoms with E-state index in [4.69, 9.17) is 4.74 Å². The van der Waals surface area contributed by atoms with Crippen LogP contribution in [-0.4, -0.2) is 23.7 Å². The Bertz CT molecular complexity index is 848. The molecule has 4 nitrogen and oxygen atoms in total. The second-order valence-electron chi connectivity index (χ2n) is 5.49. The molecule has 0 aliphatic carbocycles. The van der Waals surface area contributed by atoms with Crippen molar-refractivity contribution in [2.24, 2.45) is 0 Å². The first-order valence-corrected chi connectivity index (χ1v) is 9.92. The van der Waals surface area contributed by atoms with Crippen molar-refractivity contribution < 1.29 is 23.1 Å². The van der Waals surface area contributed by atoms with Crippen LogP contribution in [0.15, 0.2) is 45.8 Å². The maximum absolute atomic E-state index is 14.3. The van der Waals surface area contributed by atoms with Gasteiger partial charge in [-0.05, 0) is 59.6 Å². The molecule has 0 fully saturated rings. The van der Waals surface area contributed by atoms with Gasteiger partial charge in [0.1, 0.15) is 16.9 Å². The van der Waals surface area contributed by atoms with Gasteiger partial charge in [-0.15, -0.1) is 11.8 Å². The van der Waals surface area contributed by atoms with Gasteiger partial charge in [-0.3, -0.25) is 9.59 Å². The number of halogens is 3. The molecule has 8 heteroatoms. The highest BCUT2D eigenvalue weighted by atomic mass is 79.9. The minimum Gasteiger partial charge on any atom is -0.465 e. The Morgan fingerprint density at radius 1 is 1.22 bits per heavy atom. The topological polar surface area (TPSA) is 55.4 Å². The van der Waals surface area contributed by atoms with Crippen LogP contribution in [0.1, 0.15) is 30.6 Å². The van der Waals surface area contributed by atoms with Gasteiger partial charge in [0.25, 0.3) is 5.91 Å². The van der Waals surface area contributed by atoms with Gasteiger partial charge < -0.3 is 10.1 Å². The molecular formula is C19H18BrF2NO3S. The quantitative estimate of drug-likeness (QED) is 0.445. The molecule has 1 amide bonds. The summed E-state index contributed by atoms with van der Waals surface area (Å²) in [6.07, 6.45) is 0.526. The summed E-state index contributed by atoms with van der Waals surface area (Å²) >= 11 is 4.48. The molecule has 0 spiro atoms. The summed E-state index contributed by atoms with van der Waals surface area (Å²) in [6.45, 7) is 3.84. The average Bonchev–Trinajstić information content (AvgIpc) is 2.63. The minimum absolute atomic E-state index is 0.0614. The van der Waals surface area contributed by atoms with Crippen molar-refractivity contribution >= 4 is 45.3 Å². The van der Waals surface area contributed by atoms with E-state index in [1.54, 1.807) is 6.92 Å². The first-order chi connectivity index (χ1) is 12.8. The van der Waals surface area contributed by atoms with Crippen molar-refractivity contribution in [3.8, 4) is 0 Å². The zero-order chi connectivity index (χ0) is 20.0. The van der Waals surface area contributed by atoms with Crippen molar-refractivity contribution in [3.63, 3.8) is 0 Å². The van der Waals surface area contributed by atoms with Crippen molar-refractivity contribution in [2.45, 2.75) is 30.4 Å². The number of hydrogen-bond donors (Lipinski definition) is 1. The molecule has 2 rings (SSSR count). The van der Waals surface area contributed by atoms with Crippen LogP contribution in [0.5, 0.6) is 0 Å². The number of carbonyl (C=O) groups excluding carboxylic acids is 2. The fraction of sp³-hybridized carbons (Fsp3) is 0.263. The van der Waals surface area contributed by atoms with Crippen LogP contribution in [0.2, 0.25) is 0 Å². The number of ether oxygens (including phenoxy) is 1. The lowest BCUT2D eigenvalue weighted by Gasteiger charge is -2.16. The molecule has 0 saturated heterocycles. The van der Waals surface area contributed by atoms with E-state index in [0.29, 0.717) is 15.8 Å².